The maximum Gasteiger partial charge on any atom is 0.328 e. The van der Waals surface area contributed by atoms with Gasteiger partial charge in [0.2, 0.25) is 0 Å². The van der Waals surface area contributed by atoms with Crippen LogP contribution >= 0.6 is 34.8 Å². The number of rotatable bonds is 6. The fourth-order valence-electron chi connectivity index (χ4n) is 3.19. The second-order valence-electron chi connectivity index (χ2n) is 6.50. The highest BCUT2D eigenvalue weighted by molar-refractivity contribution is 6.35. The first-order valence-electron chi connectivity index (χ1n) is 8.79. The highest BCUT2D eigenvalue weighted by Gasteiger charge is 2.15. The van der Waals surface area contributed by atoms with Gasteiger partial charge in [-0.1, -0.05) is 40.9 Å². The number of pyridine rings is 1. The summed E-state index contributed by atoms with van der Waals surface area (Å²) in [5.74, 6) is 0.578. The molecule has 4 aromatic rings. The molecule has 0 saturated heterocycles. The summed E-state index contributed by atoms with van der Waals surface area (Å²) in [5.41, 5.74) is 2.54. The number of nitrogens with zero attached hydrogens (tertiary/aromatic N) is 4. The molecule has 150 valence electrons. The zero-order chi connectivity index (χ0) is 20.5. The number of imidazole rings is 2. The van der Waals surface area contributed by atoms with E-state index in [0.29, 0.717) is 38.6 Å². The molecule has 3 aromatic heterocycles. The van der Waals surface area contributed by atoms with E-state index < -0.39 is 0 Å². The summed E-state index contributed by atoms with van der Waals surface area (Å²) in [6.45, 7) is 0.259. The van der Waals surface area contributed by atoms with Crippen molar-refractivity contribution in [3.8, 4) is 0 Å². The Bertz CT molecular complexity index is 1240. The third-order valence-corrected chi connectivity index (χ3v) is 5.31. The number of halogens is 3. The van der Waals surface area contributed by atoms with Crippen LogP contribution in [0.2, 0.25) is 15.2 Å². The molecule has 7 nitrogen and oxygen atoms in total. The first-order chi connectivity index (χ1) is 13.9. The third-order valence-electron chi connectivity index (χ3n) is 4.52. The summed E-state index contributed by atoms with van der Waals surface area (Å²) in [5, 5.41) is 10.8. The molecule has 0 bridgehead atoms. The molecular weight excluding hydrogens is 437 g/mol. The summed E-state index contributed by atoms with van der Waals surface area (Å²) < 4.78 is 3.07. The van der Waals surface area contributed by atoms with Crippen molar-refractivity contribution in [3.05, 3.63) is 79.3 Å². The number of H-pyrrole nitrogens is 1. The lowest BCUT2D eigenvalue weighted by Crippen LogP contribution is -2.27. The van der Waals surface area contributed by atoms with Gasteiger partial charge in [-0.3, -0.25) is 9.13 Å². The van der Waals surface area contributed by atoms with Crippen molar-refractivity contribution in [1.29, 1.82) is 0 Å². The van der Waals surface area contributed by atoms with Crippen LogP contribution in [0.3, 0.4) is 0 Å². The van der Waals surface area contributed by atoms with Crippen molar-refractivity contribution in [3.63, 3.8) is 0 Å². The van der Waals surface area contributed by atoms with Gasteiger partial charge in [0.1, 0.15) is 16.5 Å². The number of aromatic nitrogens is 5. The number of aliphatic hydroxyl groups excluding tert-OH is 1. The zero-order valence-corrected chi connectivity index (χ0v) is 17.3. The zero-order valence-electron chi connectivity index (χ0n) is 15.1. The van der Waals surface area contributed by atoms with Gasteiger partial charge in [-0.05, 0) is 29.8 Å². The lowest BCUT2D eigenvalue weighted by atomic mass is 10.1. The van der Waals surface area contributed by atoms with Gasteiger partial charge in [-0.25, -0.2) is 14.8 Å². The molecule has 2 N–H and O–H groups in total. The van der Waals surface area contributed by atoms with E-state index in [9.17, 15) is 9.90 Å². The van der Waals surface area contributed by atoms with Gasteiger partial charge in [0, 0.05) is 28.4 Å². The fraction of sp³-hybridized carbons (Fsp3) is 0.211. The highest BCUT2D eigenvalue weighted by atomic mass is 35.5. The molecule has 0 unspecified atom stereocenters. The van der Waals surface area contributed by atoms with Gasteiger partial charge in [0.25, 0.3) is 0 Å². The predicted octanol–water partition coefficient (Wildman–Crippen LogP) is 3.51. The predicted molar refractivity (Wildman–Crippen MR) is 113 cm³/mol. The summed E-state index contributed by atoms with van der Waals surface area (Å²) in [4.78, 5) is 24.6. The molecule has 10 heteroatoms. The minimum absolute atomic E-state index is 0.154. The van der Waals surface area contributed by atoms with Crippen LogP contribution in [0.15, 0.2) is 41.3 Å². The minimum Gasteiger partial charge on any atom is -0.395 e. The van der Waals surface area contributed by atoms with E-state index in [1.165, 1.54) is 9.13 Å². The molecule has 0 atom stereocenters. The van der Waals surface area contributed by atoms with Crippen LogP contribution in [0.4, 0.5) is 0 Å². The fourth-order valence-corrected chi connectivity index (χ4v) is 3.82. The Hall–Kier alpha value is -2.32. The number of aromatic amines is 1. The largest absolute Gasteiger partial charge is 0.395 e. The van der Waals surface area contributed by atoms with Crippen LogP contribution < -0.4 is 5.69 Å². The van der Waals surface area contributed by atoms with Crippen molar-refractivity contribution in [2.75, 3.05) is 6.61 Å². The van der Waals surface area contributed by atoms with Crippen LogP contribution in [0.1, 0.15) is 17.1 Å². The molecule has 29 heavy (non-hydrogen) atoms. The molecule has 0 aliphatic carbocycles. The minimum atomic E-state index is -0.245. The molecule has 0 spiro atoms. The highest BCUT2D eigenvalue weighted by Crippen LogP contribution is 2.23. The van der Waals surface area contributed by atoms with E-state index in [4.69, 9.17) is 34.8 Å². The van der Waals surface area contributed by atoms with E-state index in [0.717, 1.165) is 11.3 Å². The van der Waals surface area contributed by atoms with Gasteiger partial charge in [0.15, 0.2) is 5.65 Å². The Balaban J connectivity index is 1.68. The molecule has 1 aromatic carbocycles. The summed E-state index contributed by atoms with van der Waals surface area (Å²) in [6.07, 6.45) is 2.17. The number of hydrogen-bond donors (Lipinski definition) is 2. The number of hydrogen-bond acceptors (Lipinski definition) is 4. The van der Waals surface area contributed by atoms with E-state index >= 15 is 0 Å². The maximum atomic E-state index is 12.9. The Morgan fingerprint density at radius 1 is 1.10 bits per heavy atom. The molecule has 0 amide bonds. The van der Waals surface area contributed by atoms with Gasteiger partial charge < -0.3 is 10.1 Å². The number of fused-ring (bicyclic) bond motifs is 1. The normalized spacial score (nSPS) is 11.4. The van der Waals surface area contributed by atoms with Gasteiger partial charge in [-0.2, -0.15) is 0 Å². The molecule has 0 radical (unpaired) electrons. The Labute approximate surface area is 180 Å². The molecule has 0 fully saturated rings. The Kier molecular flexibility index (Phi) is 5.65. The first-order valence-corrected chi connectivity index (χ1v) is 9.93. The van der Waals surface area contributed by atoms with Crippen LogP contribution in [-0.4, -0.2) is 35.8 Å². The second-order valence-corrected chi connectivity index (χ2v) is 7.73. The van der Waals surface area contributed by atoms with Crippen LogP contribution in [0, 0.1) is 0 Å². The Morgan fingerprint density at radius 2 is 1.93 bits per heavy atom. The average Bonchev–Trinajstić information content (AvgIpc) is 3.19. The summed E-state index contributed by atoms with van der Waals surface area (Å²) in [7, 11) is 0. The summed E-state index contributed by atoms with van der Waals surface area (Å²) in [6, 6.07) is 8.66. The molecular formula is C19H16Cl3N5O2. The van der Waals surface area contributed by atoms with E-state index in [1.807, 2.05) is 6.07 Å². The van der Waals surface area contributed by atoms with E-state index in [2.05, 4.69) is 15.0 Å². The smallest absolute Gasteiger partial charge is 0.328 e. The van der Waals surface area contributed by atoms with Crippen molar-refractivity contribution in [2.24, 2.45) is 0 Å². The van der Waals surface area contributed by atoms with Crippen LogP contribution in [-0.2, 0) is 19.5 Å². The molecule has 0 aliphatic rings. The number of benzene rings is 1. The molecule has 3 heterocycles. The topological polar surface area (TPSA) is 88.7 Å². The van der Waals surface area contributed by atoms with Crippen molar-refractivity contribution in [2.45, 2.75) is 19.5 Å². The SMILES string of the molecule is O=c1n(Cc2nc3ccc(Cl)nc3[nH]2)cc(Cc2ccc(Cl)cc2Cl)n1CCO. The van der Waals surface area contributed by atoms with Crippen LogP contribution in [0.5, 0.6) is 0 Å². The number of aliphatic hydroxyl groups is 1. The van der Waals surface area contributed by atoms with Crippen molar-refractivity contribution in [1.82, 2.24) is 24.1 Å². The Morgan fingerprint density at radius 3 is 2.69 bits per heavy atom. The second kappa shape index (κ2) is 8.20. The van der Waals surface area contributed by atoms with Gasteiger partial charge in [0.05, 0.1) is 19.7 Å². The van der Waals surface area contributed by atoms with E-state index in [-0.39, 0.29) is 25.4 Å². The lowest BCUT2D eigenvalue weighted by Gasteiger charge is -2.07. The monoisotopic (exact) mass is 451 g/mol. The van der Waals surface area contributed by atoms with Gasteiger partial charge >= 0.3 is 5.69 Å². The molecule has 0 aliphatic heterocycles. The maximum absolute atomic E-state index is 12.9. The average molecular weight is 453 g/mol. The standard InChI is InChI=1S/C19H16Cl3N5O2/c20-12-2-1-11(14(21)8-12)7-13-9-26(19(29)27(13)5-6-28)10-17-23-15-3-4-16(22)24-18(15)25-17/h1-4,8-9,28H,5-7,10H2,(H,23,24,25). The van der Waals surface area contributed by atoms with Crippen molar-refractivity contribution >= 4 is 46.0 Å². The van der Waals surface area contributed by atoms with Crippen LogP contribution in [0.25, 0.3) is 11.2 Å². The molecule has 4 rings (SSSR count). The summed E-state index contributed by atoms with van der Waals surface area (Å²) >= 11 is 18.2. The number of nitrogens with one attached hydrogen (secondary N) is 1. The third kappa shape index (κ3) is 4.18. The first kappa shape index (κ1) is 20.0. The quantitative estimate of drug-likeness (QED) is 0.438. The lowest BCUT2D eigenvalue weighted by molar-refractivity contribution is 0.272. The van der Waals surface area contributed by atoms with Crippen molar-refractivity contribution < 1.29 is 5.11 Å². The molecule has 0 saturated carbocycles. The van der Waals surface area contributed by atoms with Gasteiger partial charge in [-0.15, -0.1) is 0 Å². The van der Waals surface area contributed by atoms with E-state index in [1.54, 1.807) is 30.5 Å².